The molecule has 1 fully saturated rings. The smallest absolute Gasteiger partial charge is 0.410 e. The van der Waals surface area contributed by atoms with Crippen molar-refractivity contribution < 1.29 is 19.4 Å². The fourth-order valence-electron chi connectivity index (χ4n) is 3.70. The fraction of sp³-hybridized carbons (Fsp3) is 0.417. The molecule has 0 aromatic heterocycles. The molecule has 1 saturated heterocycles. The van der Waals surface area contributed by atoms with Gasteiger partial charge in [-0.15, -0.1) is 0 Å². The minimum absolute atomic E-state index is 0.00860. The molecule has 6 nitrogen and oxygen atoms in total. The number of carboxylic acids is 1. The van der Waals surface area contributed by atoms with Crippen LogP contribution in [-0.4, -0.2) is 58.2 Å². The molecule has 0 radical (unpaired) electrons. The summed E-state index contributed by atoms with van der Waals surface area (Å²) in [7, 11) is 0. The van der Waals surface area contributed by atoms with Crippen LogP contribution < -0.4 is 0 Å². The van der Waals surface area contributed by atoms with Gasteiger partial charge in [-0.2, -0.15) is 0 Å². The zero-order chi connectivity index (χ0) is 21.7. The monoisotopic (exact) mass is 410 g/mol. The normalized spacial score (nSPS) is 17.6. The molecule has 2 aromatic carbocycles. The molecule has 0 spiro atoms. The van der Waals surface area contributed by atoms with Crippen molar-refractivity contribution in [3.8, 4) is 0 Å². The van der Waals surface area contributed by atoms with Crippen molar-refractivity contribution in [1.29, 1.82) is 0 Å². The molecule has 2 aromatic rings. The zero-order valence-electron chi connectivity index (χ0n) is 17.9. The van der Waals surface area contributed by atoms with Gasteiger partial charge in [0.05, 0.1) is 11.6 Å². The molecule has 30 heavy (non-hydrogen) atoms. The third-order valence-corrected chi connectivity index (χ3v) is 5.12. The average molecular weight is 411 g/mol. The number of hydrogen-bond acceptors (Lipinski definition) is 4. The van der Waals surface area contributed by atoms with Crippen molar-refractivity contribution in [3.63, 3.8) is 0 Å². The van der Waals surface area contributed by atoms with Gasteiger partial charge in [0.2, 0.25) is 0 Å². The molecule has 0 saturated carbocycles. The Labute approximate surface area is 178 Å². The summed E-state index contributed by atoms with van der Waals surface area (Å²) in [4.78, 5) is 28.0. The van der Waals surface area contributed by atoms with Crippen molar-refractivity contribution in [2.45, 2.75) is 45.4 Å². The Morgan fingerprint density at radius 3 is 2.27 bits per heavy atom. The van der Waals surface area contributed by atoms with Crippen LogP contribution in [0.4, 0.5) is 4.79 Å². The van der Waals surface area contributed by atoms with E-state index in [-0.39, 0.29) is 17.7 Å². The summed E-state index contributed by atoms with van der Waals surface area (Å²) >= 11 is 0. The predicted octanol–water partition coefficient (Wildman–Crippen LogP) is 4.05. The van der Waals surface area contributed by atoms with E-state index >= 15 is 0 Å². The van der Waals surface area contributed by atoms with Crippen molar-refractivity contribution >= 4 is 12.1 Å². The topological polar surface area (TPSA) is 70.1 Å². The molecule has 1 unspecified atom stereocenters. The maximum absolute atomic E-state index is 12.8. The van der Waals surface area contributed by atoms with Crippen LogP contribution in [0.1, 0.15) is 42.3 Å². The van der Waals surface area contributed by atoms with Crippen LogP contribution in [0, 0.1) is 0 Å². The maximum atomic E-state index is 12.8. The van der Waals surface area contributed by atoms with E-state index in [1.165, 1.54) is 5.56 Å². The minimum Gasteiger partial charge on any atom is -0.478 e. The number of amides is 1. The third kappa shape index (κ3) is 6.07. The van der Waals surface area contributed by atoms with Gasteiger partial charge in [-0.3, -0.25) is 4.90 Å². The molecule has 3 rings (SSSR count). The number of ether oxygens (including phenoxy) is 1. The van der Waals surface area contributed by atoms with Crippen LogP contribution in [0.15, 0.2) is 54.6 Å². The van der Waals surface area contributed by atoms with Gasteiger partial charge >= 0.3 is 12.1 Å². The number of rotatable bonds is 5. The van der Waals surface area contributed by atoms with E-state index in [2.05, 4.69) is 17.0 Å². The summed E-state index contributed by atoms with van der Waals surface area (Å²) in [6.45, 7) is 8.43. The molecular formula is C24H30N2O4. The lowest BCUT2D eigenvalue weighted by Crippen LogP contribution is -2.56. The Hall–Kier alpha value is -2.86. The molecule has 0 aliphatic carbocycles. The molecule has 1 heterocycles. The first-order valence-electron chi connectivity index (χ1n) is 10.3. The lowest BCUT2D eigenvalue weighted by atomic mass is 10.0. The average Bonchev–Trinajstić information content (AvgIpc) is 2.68. The van der Waals surface area contributed by atoms with Crippen molar-refractivity contribution in [2.24, 2.45) is 0 Å². The molecule has 160 valence electrons. The minimum atomic E-state index is -0.921. The number of carboxylic acid groups (broad SMARTS) is 1. The molecule has 0 bridgehead atoms. The highest BCUT2D eigenvalue weighted by atomic mass is 16.6. The van der Waals surface area contributed by atoms with E-state index in [1.807, 2.05) is 56.0 Å². The Morgan fingerprint density at radius 1 is 1.00 bits per heavy atom. The number of carbonyl (C=O) groups excluding carboxylic acids is 1. The molecule has 1 N–H and O–H groups in total. The Morgan fingerprint density at radius 2 is 1.67 bits per heavy atom. The predicted molar refractivity (Wildman–Crippen MR) is 116 cm³/mol. The Bertz CT molecular complexity index is 859. The summed E-state index contributed by atoms with van der Waals surface area (Å²) in [5.74, 6) is -0.921. The number of benzene rings is 2. The quantitative estimate of drug-likeness (QED) is 0.805. The van der Waals surface area contributed by atoms with Gasteiger partial charge in [-0.05, 0) is 50.5 Å². The first kappa shape index (κ1) is 21.8. The van der Waals surface area contributed by atoms with E-state index < -0.39 is 11.6 Å². The number of nitrogens with zero attached hydrogens (tertiary/aromatic N) is 2. The fourth-order valence-corrected chi connectivity index (χ4v) is 3.70. The molecule has 1 atom stereocenters. The van der Waals surface area contributed by atoms with Gasteiger partial charge in [0.15, 0.2) is 0 Å². The number of aromatic carboxylic acids is 1. The summed E-state index contributed by atoms with van der Waals surface area (Å²) in [5.41, 5.74) is 2.00. The zero-order valence-corrected chi connectivity index (χ0v) is 17.9. The molecule has 1 aliphatic heterocycles. The van der Waals surface area contributed by atoms with Gasteiger partial charge in [-0.1, -0.05) is 42.5 Å². The van der Waals surface area contributed by atoms with Crippen LogP contribution in [0.25, 0.3) is 0 Å². The number of hydrogen-bond donors (Lipinski definition) is 1. The van der Waals surface area contributed by atoms with E-state index in [4.69, 9.17) is 9.84 Å². The number of carbonyl (C=O) groups is 2. The van der Waals surface area contributed by atoms with Gasteiger partial charge in [-0.25, -0.2) is 9.59 Å². The van der Waals surface area contributed by atoms with Crippen LogP contribution in [0.2, 0.25) is 0 Å². The summed E-state index contributed by atoms with van der Waals surface area (Å²) in [6.07, 6.45) is 0.489. The highest BCUT2D eigenvalue weighted by molar-refractivity contribution is 5.87. The standard InChI is InChI=1S/C24H30N2O4/c1-24(2,3)30-23(29)26-14-13-25(16-19-9-11-20(12-10-19)22(27)28)17-21(26)15-18-7-5-4-6-8-18/h4-12,21H,13-17H2,1-3H3,(H,27,28). The summed E-state index contributed by atoms with van der Waals surface area (Å²) in [6, 6.07) is 17.2. The lowest BCUT2D eigenvalue weighted by molar-refractivity contribution is -0.00233. The van der Waals surface area contributed by atoms with Crippen molar-refractivity contribution in [3.05, 3.63) is 71.3 Å². The summed E-state index contributed by atoms with van der Waals surface area (Å²) < 4.78 is 5.65. The second-order valence-corrected chi connectivity index (χ2v) is 8.75. The van der Waals surface area contributed by atoms with Gasteiger partial charge in [0.1, 0.15) is 5.60 Å². The molecule has 6 heteroatoms. The summed E-state index contributed by atoms with van der Waals surface area (Å²) in [5, 5.41) is 9.07. The van der Waals surface area contributed by atoms with E-state index in [0.29, 0.717) is 13.1 Å². The highest BCUT2D eigenvalue weighted by Gasteiger charge is 2.33. The second-order valence-electron chi connectivity index (χ2n) is 8.75. The maximum Gasteiger partial charge on any atom is 0.410 e. The van der Waals surface area contributed by atoms with Crippen molar-refractivity contribution in [2.75, 3.05) is 19.6 Å². The van der Waals surface area contributed by atoms with E-state index in [1.54, 1.807) is 12.1 Å². The lowest BCUT2D eigenvalue weighted by Gasteiger charge is -2.42. The largest absolute Gasteiger partial charge is 0.478 e. The van der Waals surface area contributed by atoms with Crippen LogP contribution in [-0.2, 0) is 17.7 Å². The first-order valence-corrected chi connectivity index (χ1v) is 10.3. The van der Waals surface area contributed by atoms with Gasteiger partial charge in [0.25, 0.3) is 0 Å². The Kier molecular flexibility index (Phi) is 6.77. The molecular weight excluding hydrogens is 380 g/mol. The molecule has 1 aliphatic rings. The first-order chi connectivity index (χ1) is 14.2. The highest BCUT2D eigenvalue weighted by Crippen LogP contribution is 2.20. The number of piperazine rings is 1. The second kappa shape index (κ2) is 9.30. The van der Waals surface area contributed by atoms with Gasteiger partial charge < -0.3 is 14.7 Å². The Balaban J connectivity index is 1.72. The third-order valence-electron chi connectivity index (χ3n) is 5.12. The van der Waals surface area contributed by atoms with Crippen LogP contribution in [0.3, 0.4) is 0 Å². The molecule has 1 amide bonds. The van der Waals surface area contributed by atoms with Crippen LogP contribution in [0.5, 0.6) is 0 Å². The van der Waals surface area contributed by atoms with E-state index in [0.717, 1.165) is 25.1 Å². The van der Waals surface area contributed by atoms with Gasteiger partial charge in [0, 0.05) is 26.2 Å². The van der Waals surface area contributed by atoms with E-state index in [9.17, 15) is 9.59 Å². The SMILES string of the molecule is CC(C)(C)OC(=O)N1CCN(Cc2ccc(C(=O)O)cc2)CC1Cc1ccccc1. The van der Waals surface area contributed by atoms with Crippen LogP contribution >= 0.6 is 0 Å². The van der Waals surface area contributed by atoms with Crippen molar-refractivity contribution in [1.82, 2.24) is 9.80 Å².